The van der Waals surface area contributed by atoms with E-state index in [-0.39, 0.29) is 5.92 Å². The number of hydrogen-bond acceptors (Lipinski definition) is 3. The van der Waals surface area contributed by atoms with E-state index >= 15 is 0 Å². The highest BCUT2D eigenvalue weighted by Gasteiger charge is 2.24. The van der Waals surface area contributed by atoms with Crippen LogP contribution in [0, 0.1) is 17.2 Å². The maximum atomic E-state index is 9.22. The smallest absolute Gasteiger partial charge is 0.0672 e. The van der Waals surface area contributed by atoms with Crippen molar-refractivity contribution >= 4 is 0 Å². The van der Waals surface area contributed by atoms with Crippen molar-refractivity contribution in [2.75, 3.05) is 20.6 Å². The first-order valence-electron chi connectivity index (χ1n) is 6.94. The molecule has 3 heteroatoms. The van der Waals surface area contributed by atoms with Crippen LogP contribution in [-0.2, 0) is 0 Å². The number of nitrogens with one attached hydrogen (secondary N) is 1. The van der Waals surface area contributed by atoms with Crippen LogP contribution in [0.15, 0.2) is 0 Å². The van der Waals surface area contributed by atoms with E-state index in [0.717, 1.165) is 19.4 Å². The third kappa shape index (κ3) is 5.52. The molecule has 0 aromatic carbocycles. The highest BCUT2D eigenvalue weighted by Crippen LogP contribution is 2.23. The van der Waals surface area contributed by atoms with E-state index in [1.165, 1.54) is 25.7 Å². The Balaban J connectivity index is 2.38. The fourth-order valence-electron chi connectivity index (χ4n) is 2.56. The van der Waals surface area contributed by atoms with E-state index in [1.807, 2.05) is 0 Å². The lowest BCUT2D eigenvalue weighted by atomic mass is 9.95. The van der Waals surface area contributed by atoms with Crippen molar-refractivity contribution in [3.05, 3.63) is 0 Å². The fraction of sp³-hybridized carbons (Fsp3) is 0.929. The molecule has 17 heavy (non-hydrogen) atoms. The Kier molecular flexibility index (Phi) is 6.54. The summed E-state index contributed by atoms with van der Waals surface area (Å²) >= 11 is 0. The minimum atomic E-state index is 0.222. The molecule has 0 radical (unpaired) electrons. The molecule has 0 aromatic heterocycles. The van der Waals surface area contributed by atoms with Gasteiger partial charge in [0.1, 0.15) is 0 Å². The Hall–Kier alpha value is -0.590. The van der Waals surface area contributed by atoms with Gasteiger partial charge < -0.3 is 10.2 Å². The number of rotatable bonds is 5. The molecule has 1 aliphatic carbocycles. The molecule has 1 fully saturated rings. The molecule has 0 spiro atoms. The Labute approximate surface area is 106 Å². The standard InChI is InChI=1S/C14H27N3/c1-12(9-10-17(2)3)16-14-8-6-4-5-7-13(14)11-15/h12-14,16H,4-10H2,1-3H3. The summed E-state index contributed by atoms with van der Waals surface area (Å²) in [7, 11) is 4.22. The first kappa shape index (κ1) is 14.5. The second kappa shape index (κ2) is 7.68. The molecule has 3 unspecified atom stereocenters. The van der Waals surface area contributed by atoms with Crippen LogP contribution < -0.4 is 5.32 Å². The maximum absolute atomic E-state index is 9.22. The summed E-state index contributed by atoms with van der Waals surface area (Å²) in [6.45, 7) is 3.35. The summed E-state index contributed by atoms with van der Waals surface area (Å²) in [4.78, 5) is 2.22. The van der Waals surface area contributed by atoms with Crippen LogP contribution in [0.1, 0.15) is 45.4 Å². The van der Waals surface area contributed by atoms with Crippen LogP contribution in [0.5, 0.6) is 0 Å². The molecular weight excluding hydrogens is 210 g/mol. The van der Waals surface area contributed by atoms with E-state index in [1.54, 1.807) is 0 Å². The summed E-state index contributed by atoms with van der Waals surface area (Å²) in [5.41, 5.74) is 0. The first-order chi connectivity index (χ1) is 8.13. The molecule has 1 saturated carbocycles. The van der Waals surface area contributed by atoms with Gasteiger partial charge in [0.15, 0.2) is 0 Å². The van der Waals surface area contributed by atoms with Gasteiger partial charge in [0.2, 0.25) is 0 Å². The van der Waals surface area contributed by atoms with E-state index in [2.05, 4.69) is 37.3 Å². The molecule has 0 amide bonds. The molecule has 1 aliphatic rings. The lowest BCUT2D eigenvalue weighted by molar-refractivity contribution is 0.316. The van der Waals surface area contributed by atoms with Gasteiger partial charge in [-0.05, 0) is 46.8 Å². The number of nitrogens with zero attached hydrogens (tertiary/aromatic N) is 2. The molecule has 0 aromatic rings. The van der Waals surface area contributed by atoms with E-state index < -0.39 is 0 Å². The van der Waals surface area contributed by atoms with Crippen molar-refractivity contribution in [2.24, 2.45) is 5.92 Å². The fourth-order valence-corrected chi connectivity index (χ4v) is 2.56. The topological polar surface area (TPSA) is 39.1 Å². The number of nitriles is 1. The second-order valence-electron chi connectivity index (χ2n) is 5.64. The SMILES string of the molecule is CC(CCN(C)C)NC1CCCCCC1C#N. The zero-order valence-corrected chi connectivity index (χ0v) is 11.6. The van der Waals surface area contributed by atoms with Crippen molar-refractivity contribution < 1.29 is 0 Å². The molecule has 98 valence electrons. The first-order valence-corrected chi connectivity index (χ1v) is 6.94. The van der Waals surface area contributed by atoms with Crippen molar-refractivity contribution in [3.8, 4) is 6.07 Å². The molecule has 3 nitrogen and oxygen atoms in total. The zero-order valence-electron chi connectivity index (χ0n) is 11.6. The van der Waals surface area contributed by atoms with E-state index in [4.69, 9.17) is 0 Å². The van der Waals surface area contributed by atoms with Gasteiger partial charge in [-0.2, -0.15) is 5.26 Å². The van der Waals surface area contributed by atoms with E-state index in [0.29, 0.717) is 12.1 Å². The zero-order chi connectivity index (χ0) is 12.7. The predicted octanol–water partition coefficient (Wildman–Crippen LogP) is 2.39. The molecule has 3 atom stereocenters. The van der Waals surface area contributed by atoms with Gasteiger partial charge in [0.05, 0.1) is 12.0 Å². The molecule has 1 N–H and O–H groups in total. The van der Waals surface area contributed by atoms with Crippen molar-refractivity contribution in [1.82, 2.24) is 10.2 Å². The molecular formula is C14H27N3. The van der Waals surface area contributed by atoms with Crippen LogP contribution in [0.25, 0.3) is 0 Å². The minimum absolute atomic E-state index is 0.222. The second-order valence-corrected chi connectivity index (χ2v) is 5.64. The van der Waals surface area contributed by atoms with Gasteiger partial charge in [-0.25, -0.2) is 0 Å². The highest BCUT2D eigenvalue weighted by molar-refractivity contribution is 4.94. The van der Waals surface area contributed by atoms with Crippen molar-refractivity contribution in [2.45, 2.75) is 57.5 Å². The molecule has 0 aliphatic heterocycles. The van der Waals surface area contributed by atoms with Crippen LogP contribution in [-0.4, -0.2) is 37.6 Å². The third-order valence-corrected chi connectivity index (χ3v) is 3.69. The van der Waals surface area contributed by atoms with Crippen molar-refractivity contribution in [3.63, 3.8) is 0 Å². The predicted molar refractivity (Wildman–Crippen MR) is 71.7 cm³/mol. The lowest BCUT2D eigenvalue weighted by Crippen LogP contribution is -2.41. The van der Waals surface area contributed by atoms with Crippen LogP contribution in [0.3, 0.4) is 0 Å². The van der Waals surface area contributed by atoms with Gasteiger partial charge in [0.25, 0.3) is 0 Å². The maximum Gasteiger partial charge on any atom is 0.0672 e. The van der Waals surface area contributed by atoms with Gasteiger partial charge in [-0.1, -0.05) is 19.3 Å². The summed E-state index contributed by atoms with van der Waals surface area (Å²) in [5.74, 6) is 0.222. The Morgan fingerprint density at radius 3 is 2.65 bits per heavy atom. The summed E-state index contributed by atoms with van der Waals surface area (Å²) in [6.07, 6.45) is 7.20. The van der Waals surface area contributed by atoms with Crippen molar-refractivity contribution in [1.29, 1.82) is 5.26 Å². The largest absolute Gasteiger partial charge is 0.310 e. The molecule has 1 rings (SSSR count). The Morgan fingerprint density at radius 1 is 1.29 bits per heavy atom. The van der Waals surface area contributed by atoms with Crippen LogP contribution in [0.4, 0.5) is 0 Å². The summed E-state index contributed by atoms with van der Waals surface area (Å²) in [5, 5.41) is 12.9. The highest BCUT2D eigenvalue weighted by atomic mass is 15.1. The van der Waals surface area contributed by atoms with Gasteiger partial charge in [-0.3, -0.25) is 0 Å². The molecule has 0 heterocycles. The average molecular weight is 237 g/mol. The van der Waals surface area contributed by atoms with Crippen LogP contribution >= 0.6 is 0 Å². The number of hydrogen-bond donors (Lipinski definition) is 1. The van der Waals surface area contributed by atoms with Gasteiger partial charge in [0, 0.05) is 12.1 Å². The summed E-state index contributed by atoms with van der Waals surface area (Å²) < 4.78 is 0. The van der Waals surface area contributed by atoms with Gasteiger partial charge in [-0.15, -0.1) is 0 Å². The van der Waals surface area contributed by atoms with Gasteiger partial charge >= 0.3 is 0 Å². The summed E-state index contributed by atoms with van der Waals surface area (Å²) in [6, 6.07) is 3.42. The monoisotopic (exact) mass is 237 g/mol. The van der Waals surface area contributed by atoms with Crippen LogP contribution in [0.2, 0.25) is 0 Å². The lowest BCUT2D eigenvalue weighted by Gasteiger charge is -2.26. The Morgan fingerprint density at radius 2 is 2.00 bits per heavy atom. The van der Waals surface area contributed by atoms with E-state index in [9.17, 15) is 5.26 Å². The Bertz CT molecular complexity index is 244. The normalized spacial score (nSPS) is 27.5. The minimum Gasteiger partial charge on any atom is -0.310 e. The molecule has 0 bridgehead atoms. The third-order valence-electron chi connectivity index (χ3n) is 3.69. The quantitative estimate of drug-likeness (QED) is 0.746. The average Bonchev–Trinajstić information content (AvgIpc) is 2.51. The molecule has 0 saturated heterocycles.